The van der Waals surface area contributed by atoms with Gasteiger partial charge in [-0.15, -0.1) is 10.2 Å². The van der Waals surface area contributed by atoms with Crippen LogP contribution >= 0.6 is 11.8 Å². The van der Waals surface area contributed by atoms with Crippen molar-refractivity contribution in [2.24, 2.45) is 0 Å². The monoisotopic (exact) mass is 283 g/mol. The summed E-state index contributed by atoms with van der Waals surface area (Å²) < 4.78 is 1.52. The van der Waals surface area contributed by atoms with Crippen LogP contribution in [0.5, 0.6) is 0 Å². The summed E-state index contributed by atoms with van der Waals surface area (Å²) in [7, 11) is 0. The van der Waals surface area contributed by atoms with Gasteiger partial charge < -0.3 is 11.2 Å². The van der Waals surface area contributed by atoms with Crippen LogP contribution in [0.15, 0.2) is 5.16 Å². The number of amides is 1. The van der Waals surface area contributed by atoms with Crippen molar-refractivity contribution in [1.29, 1.82) is 0 Å². The Balaban J connectivity index is 1.83. The van der Waals surface area contributed by atoms with Gasteiger partial charge in [-0.1, -0.05) is 25.6 Å². The molecule has 0 atom stereocenters. The Morgan fingerprint density at radius 3 is 2.74 bits per heavy atom. The highest BCUT2D eigenvalue weighted by Crippen LogP contribution is 2.39. The number of nitrogens with zero attached hydrogens (tertiary/aromatic N) is 3. The quantitative estimate of drug-likeness (QED) is 0.581. The number of carbonyl (C=O) groups is 1. The predicted octanol–water partition coefficient (Wildman–Crippen LogP) is 1.27. The number of nitrogen functional groups attached to an aromatic ring is 1. The van der Waals surface area contributed by atoms with Gasteiger partial charge in [0.05, 0.1) is 5.75 Å². The Kier molecular flexibility index (Phi) is 4.68. The third kappa shape index (κ3) is 3.62. The zero-order valence-corrected chi connectivity index (χ0v) is 12.2. The second kappa shape index (κ2) is 6.27. The summed E-state index contributed by atoms with van der Waals surface area (Å²) in [5, 5.41) is 11.7. The van der Waals surface area contributed by atoms with Crippen LogP contribution in [0, 0.1) is 0 Å². The molecule has 0 radical (unpaired) electrons. The fourth-order valence-corrected chi connectivity index (χ4v) is 2.57. The molecule has 1 amide bonds. The molecule has 0 aromatic carbocycles. The summed E-state index contributed by atoms with van der Waals surface area (Å²) in [6, 6.07) is 0.255. The molecular weight excluding hydrogens is 262 g/mol. The predicted molar refractivity (Wildman–Crippen MR) is 75.4 cm³/mol. The lowest BCUT2D eigenvalue weighted by Crippen LogP contribution is -2.35. The van der Waals surface area contributed by atoms with E-state index in [2.05, 4.69) is 29.4 Å². The molecule has 0 saturated heterocycles. The lowest BCUT2D eigenvalue weighted by atomic mass is 10.2. The van der Waals surface area contributed by atoms with E-state index in [1.807, 2.05) is 0 Å². The number of carbonyl (C=O) groups excluding carboxylic acids is 1. The summed E-state index contributed by atoms with van der Waals surface area (Å²) in [5.74, 6) is 7.58. The first-order chi connectivity index (χ1) is 9.15. The number of thioether (sulfide) groups is 1. The Morgan fingerprint density at radius 1 is 1.47 bits per heavy atom. The standard InChI is InChI=1S/C12H21N5OS/c1-3-9(4-2)14-10(18)7-19-12-16-15-11(17(12)13)8-5-6-8/h8-9H,3-7,13H2,1-2H3,(H,14,18). The van der Waals surface area contributed by atoms with E-state index in [4.69, 9.17) is 5.84 Å². The van der Waals surface area contributed by atoms with Crippen LogP contribution in [0.25, 0.3) is 0 Å². The number of hydrogen-bond donors (Lipinski definition) is 2. The molecule has 0 bridgehead atoms. The molecule has 1 aliphatic carbocycles. The van der Waals surface area contributed by atoms with Crippen molar-refractivity contribution in [1.82, 2.24) is 20.2 Å². The topological polar surface area (TPSA) is 85.8 Å². The van der Waals surface area contributed by atoms with E-state index >= 15 is 0 Å². The number of nitrogens with one attached hydrogen (secondary N) is 1. The molecule has 106 valence electrons. The molecule has 1 aromatic heterocycles. The normalized spacial score (nSPS) is 14.9. The zero-order valence-electron chi connectivity index (χ0n) is 11.4. The average molecular weight is 283 g/mol. The Bertz CT molecular complexity index is 439. The van der Waals surface area contributed by atoms with E-state index in [1.54, 1.807) is 0 Å². The highest BCUT2D eigenvalue weighted by Gasteiger charge is 2.30. The van der Waals surface area contributed by atoms with Crippen molar-refractivity contribution in [3.63, 3.8) is 0 Å². The van der Waals surface area contributed by atoms with E-state index in [9.17, 15) is 4.79 Å². The average Bonchev–Trinajstić information content (AvgIpc) is 3.18. The smallest absolute Gasteiger partial charge is 0.230 e. The first-order valence-corrected chi connectivity index (χ1v) is 7.76. The van der Waals surface area contributed by atoms with Crippen LogP contribution in [0.1, 0.15) is 51.3 Å². The maximum absolute atomic E-state index is 11.8. The largest absolute Gasteiger partial charge is 0.353 e. The molecule has 6 nitrogen and oxygen atoms in total. The van der Waals surface area contributed by atoms with E-state index in [0.717, 1.165) is 31.5 Å². The van der Waals surface area contributed by atoms with E-state index < -0.39 is 0 Å². The van der Waals surface area contributed by atoms with Crippen LogP contribution in [0.3, 0.4) is 0 Å². The van der Waals surface area contributed by atoms with Gasteiger partial charge >= 0.3 is 0 Å². The Labute approximate surface area is 117 Å². The molecular formula is C12H21N5OS. The highest BCUT2D eigenvalue weighted by atomic mass is 32.2. The molecule has 2 rings (SSSR count). The lowest BCUT2D eigenvalue weighted by Gasteiger charge is -2.14. The molecule has 0 unspecified atom stereocenters. The van der Waals surface area contributed by atoms with Crippen molar-refractivity contribution in [2.75, 3.05) is 11.6 Å². The van der Waals surface area contributed by atoms with Gasteiger partial charge in [0.2, 0.25) is 11.1 Å². The summed E-state index contributed by atoms with van der Waals surface area (Å²) in [5.41, 5.74) is 0. The second-order valence-corrected chi connectivity index (χ2v) is 5.80. The van der Waals surface area contributed by atoms with Crippen LogP contribution in [-0.2, 0) is 4.79 Å². The molecule has 0 spiro atoms. The van der Waals surface area contributed by atoms with Gasteiger partial charge in [0.25, 0.3) is 0 Å². The minimum Gasteiger partial charge on any atom is -0.353 e. The van der Waals surface area contributed by atoms with Gasteiger partial charge in [-0.05, 0) is 25.7 Å². The lowest BCUT2D eigenvalue weighted by molar-refractivity contribution is -0.119. The first-order valence-electron chi connectivity index (χ1n) is 6.78. The molecule has 1 aliphatic rings. The Morgan fingerprint density at radius 2 is 2.16 bits per heavy atom. The molecule has 7 heteroatoms. The molecule has 1 heterocycles. The number of nitrogens with two attached hydrogens (primary N) is 1. The maximum atomic E-state index is 11.8. The van der Waals surface area contributed by atoms with Crippen molar-refractivity contribution in [3.05, 3.63) is 5.82 Å². The van der Waals surface area contributed by atoms with Crippen molar-refractivity contribution in [2.45, 2.75) is 56.6 Å². The molecule has 19 heavy (non-hydrogen) atoms. The van der Waals surface area contributed by atoms with Crippen LogP contribution in [0.4, 0.5) is 0 Å². The summed E-state index contributed by atoms with van der Waals surface area (Å²) in [6.45, 7) is 4.14. The van der Waals surface area contributed by atoms with E-state index in [1.165, 1.54) is 16.4 Å². The summed E-state index contributed by atoms with van der Waals surface area (Å²) >= 11 is 1.34. The first kappa shape index (κ1) is 14.2. The van der Waals surface area contributed by atoms with E-state index in [-0.39, 0.29) is 11.9 Å². The fourth-order valence-electron chi connectivity index (χ4n) is 1.90. The highest BCUT2D eigenvalue weighted by molar-refractivity contribution is 7.99. The third-order valence-corrected chi connectivity index (χ3v) is 4.26. The second-order valence-electron chi connectivity index (χ2n) is 4.85. The van der Waals surface area contributed by atoms with E-state index in [0.29, 0.717) is 16.8 Å². The molecule has 0 aliphatic heterocycles. The minimum absolute atomic E-state index is 0.0228. The van der Waals surface area contributed by atoms with Crippen molar-refractivity contribution in [3.8, 4) is 0 Å². The fraction of sp³-hybridized carbons (Fsp3) is 0.750. The molecule has 1 saturated carbocycles. The minimum atomic E-state index is 0.0228. The number of hydrogen-bond acceptors (Lipinski definition) is 5. The van der Waals surface area contributed by atoms with Crippen molar-refractivity contribution >= 4 is 17.7 Å². The number of aromatic nitrogens is 3. The maximum Gasteiger partial charge on any atom is 0.230 e. The third-order valence-electron chi connectivity index (χ3n) is 3.32. The molecule has 1 aromatic rings. The van der Waals surface area contributed by atoms with Crippen LogP contribution in [0.2, 0.25) is 0 Å². The Hall–Kier alpha value is -1.24. The molecule has 3 N–H and O–H groups in total. The summed E-state index contributed by atoms with van der Waals surface area (Å²) in [4.78, 5) is 11.8. The van der Waals surface area contributed by atoms with Gasteiger partial charge in [0.15, 0.2) is 5.82 Å². The zero-order chi connectivity index (χ0) is 13.8. The van der Waals surface area contributed by atoms with Crippen LogP contribution < -0.4 is 11.2 Å². The van der Waals surface area contributed by atoms with Gasteiger partial charge in [0.1, 0.15) is 0 Å². The van der Waals surface area contributed by atoms with Gasteiger partial charge in [-0.25, -0.2) is 4.68 Å². The van der Waals surface area contributed by atoms with Gasteiger partial charge in [-0.2, -0.15) is 0 Å². The van der Waals surface area contributed by atoms with Crippen molar-refractivity contribution < 1.29 is 4.79 Å². The van der Waals surface area contributed by atoms with Crippen LogP contribution in [-0.4, -0.2) is 32.6 Å². The number of rotatable bonds is 7. The molecule has 1 fully saturated rings. The van der Waals surface area contributed by atoms with Gasteiger partial charge in [-0.3, -0.25) is 4.79 Å². The summed E-state index contributed by atoms with van der Waals surface area (Å²) in [6.07, 6.45) is 4.17. The van der Waals surface area contributed by atoms with Gasteiger partial charge in [0, 0.05) is 12.0 Å². The SMILES string of the molecule is CCC(CC)NC(=O)CSc1nnc(C2CC2)n1N.